The Hall–Kier alpha value is -8.40. The van der Waals surface area contributed by atoms with E-state index in [1.54, 1.807) is 12.7 Å². The third-order valence-electron chi connectivity index (χ3n) is 17.0. The molecule has 4 heterocycles. The molecule has 4 aromatic heterocycles. The first-order chi connectivity index (χ1) is 42.1. The van der Waals surface area contributed by atoms with Gasteiger partial charge >= 0.3 is 42.1 Å². The van der Waals surface area contributed by atoms with Crippen LogP contribution in [0, 0.1) is 24.3 Å². The summed E-state index contributed by atoms with van der Waals surface area (Å²) in [7, 11) is 0. The predicted octanol–water partition coefficient (Wildman–Crippen LogP) is 21.1. The Kier molecular flexibility index (Phi) is 17.4. The first kappa shape index (κ1) is 63.2. The molecule has 0 aliphatic carbocycles. The largest absolute Gasteiger partial charge is 2.00 e. The molecule has 0 aliphatic rings. The molecule has 0 aliphatic heterocycles. The summed E-state index contributed by atoms with van der Waals surface area (Å²) in [4.78, 5) is 28.3. The molecule has 0 radical (unpaired) electrons. The van der Waals surface area contributed by atoms with E-state index in [2.05, 4.69) is 299 Å². The van der Waals surface area contributed by atoms with Crippen LogP contribution in [0.15, 0.2) is 207 Å². The van der Waals surface area contributed by atoms with Crippen LogP contribution in [0.25, 0.3) is 132 Å². The minimum Gasteiger partial charge on any atom is -0.294 e. The zero-order valence-corrected chi connectivity index (χ0v) is 57.5. The van der Waals surface area contributed by atoms with Gasteiger partial charge in [0, 0.05) is 35.2 Å². The summed E-state index contributed by atoms with van der Waals surface area (Å²) >= 11 is 0. The summed E-state index contributed by atoms with van der Waals surface area (Å²) < 4.78 is 0. The average molecular weight is 1530 g/mol. The molecular formula is C82H70N6Pt2. The first-order valence-electron chi connectivity index (χ1n) is 30.4. The van der Waals surface area contributed by atoms with Crippen LogP contribution in [0.5, 0.6) is 0 Å². The fourth-order valence-corrected chi connectivity index (χ4v) is 11.8. The smallest absolute Gasteiger partial charge is 0.294 e. The zero-order chi connectivity index (χ0) is 61.3. The molecule has 0 atom stereocenters. The second kappa shape index (κ2) is 24.8. The first-order valence-corrected chi connectivity index (χ1v) is 30.4. The van der Waals surface area contributed by atoms with E-state index in [9.17, 15) is 0 Å². The van der Waals surface area contributed by atoms with Gasteiger partial charge in [0.25, 0.3) is 0 Å². The van der Waals surface area contributed by atoms with E-state index >= 15 is 0 Å². The van der Waals surface area contributed by atoms with Gasteiger partial charge in [-0.3, -0.25) is 19.9 Å². The van der Waals surface area contributed by atoms with Gasteiger partial charge in [-0.2, -0.15) is 0 Å². The van der Waals surface area contributed by atoms with Crippen LogP contribution >= 0.6 is 0 Å². The summed E-state index contributed by atoms with van der Waals surface area (Å²) in [6.45, 7) is 26.8. The Morgan fingerprint density at radius 3 is 0.989 bits per heavy atom. The summed E-state index contributed by atoms with van der Waals surface area (Å²) in [6, 6.07) is 79.5. The molecular weight excluding hydrogens is 1460 g/mol. The number of pyridine rings is 2. The number of aromatic nitrogens is 6. The molecule has 10 aromatic carbocycles. The van der Waals surface area contributed by atoms with Crippen molar-refractivity contribution in [2.75, 3.05) is 0 Å². The second-order valence-corrected chi connectivity index (χ2v) is 27.3. The van der Waals surface area contributed by atoms with Crippen LogP contribution in [0.3, 0.4) is 0 Å². The minimum absolute atomic E-state index is 0. The van der Waals surface area contributed by atoms with E-state index in [0.717, 1.165) is 121 Å². The van der Waals surface area contributed by atoms with Gasteiger partial charge in [-0.1, -0.05) is 224 Å². The molecule has 14 aromatic rings. The quantitative estimate of drug-likeness (QED) is 0.154. The Bertz CT molecular complexity index is 4720. The van der Waals surface area contributed by atoms with Gasteiger partial charge in [0.15, 0.2) is 0 Å². The second-order valence-electron chi connectivity index (χ2n) is 27.3. The number of rotatable bonds is 6. The molecule has 8 heteroatoms. The molecule has 448 valence electrons. The van der Waals surface area contributed by atoms with E-state index in [4.69, 9.17) is 19.9 Å². The van der Waals surface area contributed by atoms with E-state index < -0.39 is 0 Å². The molecule has 0 saturated carbocycles. The number of hydrogen-bond acceptors (Lipinski definition) is 6. The molecule has 90 heavy (non-hydrogen) atoms. The van der Waals surface area contributed by atoms with Crippen LogP contribution in [-0.2, 0) is 63.8 Å². The third kappa shape index (κ3) is 12.6. The van der Waals surface area contributed by atoms with Crippen molar-refractivity contribution >= 4 is 64.9 Å². The Morgan fingerprint density at radius 1 is 0.267 bits per heavy atom. The molecule has 0 saturated heterocycles. The number of benzene rings is 10. The Balaban J connectivity index is 0.000000181. The van der Waals surface area contributed by atoms with Crippen molar-refractivity contribution in [3.8, 4) is 67.3 Å². The average Bonchev–Trinajstić information content (AvgIpc) is 0.877. The van der Waals surface area contributed by atoms with Crippen LogP contribution in [0.1, 0.15) is 105 Å². The molecule has 0 bridgehead atoms. The van der Waals surface area contributed by atoms with Crippen molar-refractivity contribution in [2.45, 2.75) is 105 Å². The van der Waals surface area contributed by atoms with E-state index in [1.807, 2.05) is 12.4 Å². The standard InChI is InChI=1S/C42H36N2.C40H34N4.2Pt/c1-41(2,3)33-15-17-36-29(24-33)19-21-43-39(36)31-11-7-10-28(23-31)35-12-8-9-27-13-14-32(26-38(27)35)40-37-18-16-34(42(4,5)6)25-30(37)20-22-44-40;1-39(2,3)29-15-17-32-35(21-29)41-23-43-37(32)27-11-7-10-26(19-27)31-12-8-9-25-13-14-28(20-34(25)31)38-33-18-16-30(40(4,5)6)22-36(33)42-24-44-38;;/h7-22,24-25H,1-6H3;7-18,21-24H,1-6H3;;/q2*-2;2*+2. The van der Waals surface area contributed by atoms with Gasteiger partial charge in [-0.05, 0) is 100 Å². The third-order valence-corrected chi connectivity index (χ3v) is 17.0. The van der Waals surface area contributed by atoms with Gasteiger partial charge in [-0.15, -0.1) is 107 Å². The predicted molar refractivity (Wildman–Crippen MR) is 367 cm³/mol. The fourth-order valence-electron chi connectivity index (χ4n) is 11.8. The summed E-state index contributed by atoms with van der Waals surface area (Å²) in [5.41, 5.74) is 18.9. The molecule has 6 nitrogen and oxygen atoms in total. The zero-order valence-electron chi connectivity index (χ0n) is 52.9. The molecule has 0 amide bonds. The van der Waals surface area contributed by atoms with Gasteiger partial charge in [0.05, 0.1) is 11.0 Å². The summed E-state index contributed by atoms with van der Waals surface area (Å²) in [6.07, 6.45) is 7.12. The topological polar surface area (TPSA) is 77.3 Å². The van der Waals surface area contributed by atoms with E-state index in [0.29, 0.717) is 0 Å². The SMILES string of the molecule is CC(C)(C)c1ccc2c(-c3[c-]c(-c4cccc5ccc(-c6nccc7cc(C(C)(C)C)ccc67)[c-]c45)ccc3)nccc2c1.CC(C)(C)c1ccc2c(-c3[c-]c(-c4cccc5ccc(-c6ncnc7cc(C(C)(C)C)ccc67)[c-]c45)ccc3)ncnc2c1.[Pt+2].[Pt+2]. The van der Waals surface area contributed by atoms with E-state index in [1.165, 1.54) is 33.0 Å². The fraction of sp³-hybridized carbons (Fsp3) is 0.195. The maximum atomic E-state index is 4.83. The van der Waals surface area contributed by atoms with Gasteiger partial charge in [-0.25, -0.2) is 9.97 Å². The molecule has 0 fully saturated rings. The molecule has 0 spiro atoms. The number of hydrogen-bond donors (Lipinski definition) is 0. The van der Waals surface area contributed by atoms with Gasteiger partial charge in [0.1, 0.15) is 12.7 Å². The van der Waals surface area contributed by atoms with E-state index in [-0.39, 0.29) is 63.8 Å². The number of nitrogens with zero attached hydrogens (tertiary/aromatic N) is 6. The van der Waals surface area contributed by atoms with Crippen LogP contribution < -0.4 is 0 Å². The van der Waals surface area contributed by atoms with Crippen molar-refractivity contribution in [1.29, 1.82) is 0 Å². The maximum Gasteiger partial charge on any atom is 2.00 e. The van der Waals surface area contributed by atoms with Crippen molar-refractivity contribution in [1.82, 2.24) is 29.9 Å². The van der Waals surface area contributed by atoms with Crippen molar-refractivity contribution in [2.24, 2.45) is 0 Å². The van der Waals surface area contributed by atoms with Gasteiger partial charge in [0.2, 0.25) is 0 Å². The summed E-state index contributed by atoms with van der Waals surface area (Å²) in [5, 5.41) is 11.0. The van der Waals surface area contributed by atoms with Gasteiger partial charge < -0.3 is 0 Å². The number of fused-ring (bicyclic) bond motifs is 6. The van der Waals surface area contributed by atoms with Crippen LogP contribution in [0.2, 0.25) is 0 Å². The maximum absolute atomic E-state index is 4.83. The summed E-state index contributed by atoms with van der Waals surface area (Å²) in [5.74, 6) is 0. The monoisotopic (exact) mass is 1530 g/mol. The minimum atomic E-state index is 0. The van der Waals surface area contributed by atoms with Crippen LogP contribution in [0.4, 0.5) is 0 Å². The van der Waals surface area contributed by atoms with Crippen LogP contribution in [-0.4, -0.2) is 29.9 Å². The Morgan fingerprint density at radius 2 is 0.600 bits per heavy atom. The Labute approximate surface area is 558 Å². The molecule has 14 rings (SSSR count). The molecule has 0 N–H and O–H groups in total. The van der Waals surface area contributed by atoms with Crippen molar-refractivity contribution < 1.29 is 42.1 Å². The van der Waals surface area contributed by atoms with Crippen molar-refractivity contribution in [3.63, 3.8) is 0 Å². The normalized spacial score (nSPS) is 12.0. The van der Waals surface area contributed by atoms with Crippen molar-refractivity contribution in [3.05, 3.63) is 254 Å². The molecule has 0 unspecified atom stereocenters.